The first-order valence-electron chi connectivity index (χ1n) is 6.87. The fourth-order valence-corrected chi connectivity index (χ4v) is 2.36. The Morgan fingerprint density at radius 1 is 1.47 bits per heavy atom. The van der Waals surface area contributed by atoms with Crippen molar-refractivity contribution in [2.24, 2.45) is 0 Å². The van der Waals surface area contributed by atoms with Gasteiger partial charge in [0, 0.05) is 18.8 Å². The highest BCUT2D eigenvalue weighted by Gasteiger charge is 2.22. The Bertz CT molecular complexity index is 366. The van der Waals surface area contributed by atoms with Crippen molar-refractivity contribution in [1.29, 1.82) is 0 Å². The number of allylic oxidation sites excluding steroid dienone is 2. The van der Waals surface area contributed by atoms with E-state index >= 15 is 0 Å². The lowest BCUT2D eigenvalue weighted by Crippen LogP contribution is -2.42. The van der Waals surface area contributed by atoms with Gasteiger partial charge in [0.1, 0.15) is 0 Å². The maximum absolute atomic E-state index is 12.2. The Balaban J connectivity index is 2.54. The molecule has 108 valence electrons. The highest BCUT2D eigenvalue weighted by Crippen LogP contribution is 2.20. The number of likely N-dealkylation sites (N-methyl/N-ethyl adjacent to an activating group) is 2. The van der Waals surface area contributed by atoms with E-state index in [1.54, 1.807) is 11.9 Å². The molecule has 1 unspecified atom stereocenters. The lowest BCUT2D eigenvalue weighted by Gasteiger charge is -2.28. The predicted molar refractivity (Wildman–Crippen MR) is 73.7 cm³/mol. The predicted octanol–water partition coefficient (Wildman–Crippen LogP) is 1.70. The largest absolute Gasteiger partial charge is 0.481 e. The molecular formula is C14H24N2O3. The average molecular weight is 268 g/mol. The number of carbonyl (C=O) groups excluding carboxylic acids is 1. The normalized spacial score (nSPS) is 16.3. The summed E-state index contributed by atoms with van der Waals surface area (Å²) in [5, 5.41) is 8.81. The second kappa shape index (κ2) is 7.28. The maximum Gasteiger partial charge on any atom is 0.304 e. The molecule has 0 bridgehead atoms. The third kappa shape index (κ3) is 4.67. The van der Waals surface area contributed by atoms with Crippen LogP contribution in [0.4, 0.5) is 0 Å². The first-order chi connectivity index (χ1) is 8.95. The van der Waals surface area contributed by atoms with Gasteiger partial charge < -0.3 is 10.0 Å². The molecule has 1 rings (SSSR count). The van der Waals surface area contributed by atoms with Crippen molar-refractivity contribution in [2.45, 2.75) is 45.6 Å². The standard InChI is InChI=1S/C14H24N2O3/c1-4-16(11(2)9-14(18)19)10-13(17)15(3)12-7-5-6-8-12/h7,11H,4-6,8-10H2,1-3H3,(H,18,19). The van der Waals surface area contributed by atoms with Gasteiger partial charge in [0.2, 0.25) is 5.91 Å². The van der Waals surface area contributed by atoms with Crippen molar-refractivity contribution < 1.29 is 14.7 Å². The van der Waals surface area contributed by atoms with E-state index in [0.29, 0.717) is 6.54 Å². The second-order valence-corrected chi connectivity index (χ2v) is 5.05. The molecule has 1 aliphatic rings. The molecule has 0 radical (unpaired) electrons. The van der Waals surface area contributed by atoms with Gasteiger partial charge in [-0.25, -0.2) is 0 Å². The summed E-state index contributed by atoms with van der Waals surface area (Å²) in [6.07, 6.45) is 5.28. The van der Waals surface area contributed by atoms with E-state index in [-0.39, 0.29) is 24.9 Å². The van der Waals surface area contributed by atoms with E-state index in [0.717, 1.165) is 25.0 Å². The van der Waals surface area contributed by atoms with Gasteiger partial charge in [0.25, 0.3) is 0 Å². The Morgan fingerprint density at radius 3 is 2.63 bits per heavy atom. The number of carboxylic acids is 1. The number of aliphatic carboxylic acids is 1. The first-order valence-corrected chi connectivity index (χ1v) is 6.87. The van der Waals surface area contributed by atoms with Crippen LogP contribution < -0.4 is 0 Å². The Hall–Kier alpha value is -1.36. The average Bonchev–Trinajstić information content (AvgIpc) is 2.87. The zero-order chi connectivity index (χ0) is 14.4. The second-order valence-electron chi connectivity index (χ2n) is 5.05. The molecule has 0 aromatic heterocycles. The summed E-state index contributed by atoms with van der Waals surface area (Å²) in [7, 11) is 1.80. The quantitative estimate of drug-likeness (QED) is 0.763. The van der Waals surface area contributed by atoms with Gasteiger partial charge in [-0.3, -0.25) is 14.5 Å². The topological polar surface area (TPSA) is 60.9 Å². The fraction of sp³-hybridized carbons (Fsp3) is 0.714. The van der Waals surface area contributed by atoms with Gasteiger partial charge >= 0.3 is 5.97 Å². The first kappa shape index (κ1) is 15.7. The number of nitrogens with zero attached hydrogens (tertiary/aromatic N) is 2. The summed E-state index contributed by atoms with van der Waals surface area (Å²) in [4.78, 5) is 26.5. The molecule has 0 saturated heterocycles. The van der Waals surface area contributed by atoms with E-state index in [1.807, 2.05) is 18.7 Å². The number of carbonyl (C=O) groups is 2. The number of rotatable bonds is 7. The molecule has 5 heteroatoms. The third-order valence-electron chi connectivity index (χ3n) is 3.66. The molecule has 19 heavy (non-hydrogen) atoms. The van der Waals surface area contributed by atoms with Crippen LogP contribution in [0, 0.1) is 0 Å². The van der Waals surface area contributed by atoms with Gasteiger partial charge in [-0.2, -0.15) is 0 Å². The minimum absolute atomic E-state index is 0.0345. The van der Waals surface area contributed by atoms with Gasteiger partial charge in [-0.05, 0) is 32.7 Å². The Morgan fingerprint density at radius 2 is 2.16 bits per heavy atom. The van der Waals surface area contributed by atoms with Crippen LogP contribution in [0.3, 0.4) is 0 Å². The zero-order valence-corrected chi connectivity index (χ0v) is 12.1. The lowest BCUT2D eigenvalue weighted by atomic mass is 10.2. The molecule has 0 aromatic rings. The van der Waals surface area contributed by atoms with Gasteiger partial charge in [0.15, 0.2) is 0 Å². The smallest absolute Gasteiger partial charge is 0.304 e. The molecule has 0 saturated carbocycles. The fourth-order valence-electron chi connectivity index (χ4n) is 2.36. The van der Waals surface area contributed by atoms with Crippen LogP contribution in [0.15, 0.2) is 11.8 Å². The SMILES string of the molecule is CCN(CC(=O)N(C)C1=CCCC1)C(C)CC(=O)O. The number of carboxylic acid groups (broad SMARTS) is 1. The van der Waals surface area contributed by atoms with Crippen LogP contribution in [0.25, 0.3) is 0 Å². The van der Waals surface area contributed by atoms with Crippen molar-refractivity contribution >= 4 is 11.9 Å². The van der Waals surface area contributed by atoms with E-state index < -0.39 is 5.97 Å². The van der Waals surface area contributed by atoms with Crippen molar-refractivity contribution in [2.75, 3.05) is 20.1 Å². The minimum atomic E-state index is -0.828. The van der Waals surface area contributed by atoms with Gasteiger partial charge in [-0.15, -0.1) is 0 Å². The van der Waals surface area contributed by atoms with Gasteiger partial charge in [-0.1, -0.05) is 13.0 Å². The minimum Gasteiger partial charge on any atom is -0.481 e. The highest BCUT2D eigenvalue weighted by atomic mass is 16.4. The summed E-state index contributed by atoms with van der Waals surface area (Å²) >= 11 is 0. The van der Waals surface area contributed by atoms with E-state index in [9.17, 15) is 9.59 Å². The summed E-state index contributed by atoms with van der Waals surface area (Å²) < 4.78 is 0. The molecular weight excluding hydrogens is 244 g/mol. The van der Waals surface area contributed by atoms with Crippen molar-refractivity contribution in [1.82, 2.24) is 9.80 Å². The van der Waals surface area contributed by atoms with Crippen LogP contribution in [0.1, 0.15) is 39.5 Å². The van der Waals surface area contributed by atoms with Crippen LogP contribution in [-0.4, -0.2) is 53.0 Å². The van der Waals surface area contributed by atoms with Crippen LogP contribution in [-0.2, 0) is 9.59 Å². The molecule has 1 atom stereocenters. The Kier molecular flexibility index (Phi) is 6.02. The molecule has 0 aliphatic heterocycles. The molecule has 0 aromatic carbocycles. The molecule has 0 fully saturated rings. The van der Waals surface area contributed by atoms with E-state index in [2.05, 4.69) is 6.08 Å². The monoisotopic (exact) mass is 268 g/mol. The molecule has 1 amide bonds. The molecule has 5 nitrogen and oxygen atoms in total. The zero-order valence-electron chi connectivity index (χ0n) is 12.1. The summed E-state index contributed by atoms with van der Waals surface area (Å²) in [6.45, 7) is 4.74. The van der Waals surface area contributed by atoms with Crippen molar-refractivity contribution in [3.63, 3.8) is 0 Å². The number of amides is 1. The van der Waals surface area contributed by atoms with Crippen LogP contribution >= 0.6 is 0 Å². The number of hydrogen-bond acceptors (Lipinski definition) is 3. The van der Waals surface area contributed by atoms with Crippen molar-refractivity contribution in [3.8, 4) is 0 Å². The summed E-state index contributed by atoms with van der Waals surface area (Å²) in [5.41, 5.74) is 1.09. The Labute approximate surface area is 114 Å². The summed E-state index contributed by atoms with van der Waals surface area (Å²) in [5.74, 6) is -0.794. The molecule has 0 spiro atoms. The molecule has 0 heterocycles. The molecule has 1 aliphatic carbocycles. The van der Waals surface area contributed by atoms with E-state index in [4.69, 9.17) is 5.11 Å². The van der Waals surface area contributed by atoms with Crippen molar-refractivity contribution in [3.05, 3.63) is 11.8 Å². The third-order valence-corrected chi connectivity index (χ3v) is 3.66. The maximum atomic E-state index is 12.2. The lowest BCUT2D eigenvalue weighted by molar-refractivity contribution is -0.139. The van der Waals surface area contributed by atoms with Crippen LogP contribution in [0.2, 0.25) is 0 Å². The highest BCUT2D eigenvalue weighted by molar-refractivity contribution is 5.80. The molecule has 1 N–H and O–H groups in total. The number of hydrogen-bond donors (Lipinski definition) is 1. The van der Waals surface area contributed by atoms with Gasteiger partial charge in [0.05, 0.1) is 13.0 Å². The van der Waals surface area contributed by atoms with Crippen LogP contribution in [0.5, 0.6) is 0 Å². The summed E-state index contributed by atoms with van der Waals surface area (Å²) in [6, 6.07) is -0.127. The van der Waals surface area contributed by atoms with E-state index in [1.165, 1.54) is 0 Å².